The van der Waals surface area contributed by atoms with Gasteiger partial charge in [-0.1, -0.05) is 24.3 Å². The second-order valence-corrected chi connectivity index (χ2v) is 6.73. The molecule has 6 heteroatoms. The van der Waals surface area contributed by atoms with Crippen molar-refractivity contribution >= 4 is 16.7 Å². The van der Waals surface area contributed by atoms with Crippen molar-refractivity contribution in [1.29, 1.82) is 0 Å². The van der Waals surface area contributed by atoms with Gasteiger partial charge in [0.15, 0.2) is 0 Å². The molecule has 3 nitrogen and oxygen atoms in total. The summed E-state index contributed by atoms with van der Waals surface area (Å²) < 4.78 is 48.8. The summed E-state index contributed by atoms with van der Waals surface area (Å²) in [7, 11) is 1.36. The van der Waals surface area contributed by atoms with Gasteiger partial charge in [0.2, 0.25) is 0 Å². The number of hydrogen-bond donors (Lipinski definition) is 0. The molecule has 26 heavy (non-hydrogen) atoms. The van der Waals surface area contributed by atoms with Gasteiger partial charge >= 0.3 is 12.1 Å². The Hall–Kier alpha value is -2.24. The van der Waals surface area contributed by atoms with Gasteiger partial charge in [0, 0.05) is 0 Å². The van der Waals surface area contributed by atoms with Gasteiger partial charge in [-0.05, 0) is 54.2 Å². The van der Waals surface area contributed by atoms with Crippen molar-refractivity contribution in [3.05, 3.63) is 42.0 Å². The van der Waals surface area contributed by atoms with Crippen LogP contribution in [-0.4, -0.2) is 25.4 Å². The van der Waals surface area contributed by atoms with Crippen LogP contribution in [0.3, 0.4) is 0 Å². The summed E-state index contributed by atoms with van der Waals surface area (Å²) in [5.74, 6) is -0.834. The molecular formula is C20H21F3O3. The Kier molecular flexibility index (Phi) is 5.39. The van der Waals surface area contributed by atoms with Gasteiger partial charge in [0.1, 0.15) is 5.75 Å². The quantitative estimate of drug-likeness (QED) is 0.710. The highest BCUT2D eigenvalue weighted by Gasteiger charge is 2.41. The highest BCUT2D eigenvalue weighted by molar-refractivity contribution is 5.85. The largest absolute Gasteiger partial charge is 0.490 e. The first-order valence-corrected chi connectivity index (χ1v) is 8.68. The molecule has 0 saturated heterocycles. The zero-order valence-corrected chi connectivity index (χ0v) is 14.5. The first-order valence-electron chi connectivity index (χ1n) is 8.68. The average Bonchev–Trinajstić information content (AvgIpc) is 2.61. The van der Waals surface area contributed by atoms with Gasteiger partial charge in [-0.2, -0.15) is 13.2 Å². The van der Waals surface area contributed by atoms with E-state index in [1.54, 1.807) is 0 Å². The maximum atomic E-state index is 12.7. The normalized spacial score (nSPS) is 20.8. The van der Waals surface area contributed by atoms with E-state index in [1.807, 2.05) is 36.4 Å². The molecule has 2 aromatic carbocycles. The third-order valence-corrected chi connectivity index (χ3v) is 4.89. The van der Waals surface area contributed by atoms with E-state index in [4.69, 9.17) is 4.74 Å². The molecular weight excluding hydrogens is 345 g/mol. The second kappa shape index (κ2) is 7.56. The highest BCUT2D eigenvalue weighted by atomic mass is 19.4. The van der Waals surface area contributed by atoms with Gasteiger partial charge < -0.3 is 9.47 Å². The molecule has 1 saturated carbocycles. The van der Waals surface area contributed by atoms with Crippen LogP contribution in [0.25, 0.3) is 10.8 Å². The Labute approximate surface area is 150 Å². The number of carbonyl (C=O) groups excluding carboxylic acids is 1. The van der Waals surface area contributed by atoms with Crippen molar-refractivity contribution in [3.8, 4) is 5.75 Å². The molecule has 0 aromatic heterocycles. The Bertz CT molecular complexity index is 777. The van der Waals surface area contributed by atoms with Gasteiger partial charge in [-0.15, -0.1) is 0 Å². The lowest BCUT2D eigenvalue weighted by Crippen LogP contribution is -2.31. The molecule has 0 N–H and O–H groups in total. The number of carbonyl (C=O) groups is 1. The molecule has 0 radical (unpaired) electrons. The standard InChI is InChI=1S/C20H21F3O3/c1-25-19(24)11-13-2-3-15-12-18(7-4-14(15)10-13)26-17-8-5-16(6-9-17)20(21,22)23/h2-4,7,10,12,16-17H,5-6,8-9,11H2,1H3. The van der Waals surface area contributed by atoms with Crippen molar-refractivity contribution in [2.45, 2.75) is 44.4 Å². The van der Waals surface area contributed by atoms with Crippen LogP contribution in [0.15, 0.2) is 36.4 Å². The summed E-state index contributed by atoms with van der Waals surface area (Å²) >= 11 is 0. The first kappa shape index (κ1) is 18.5. The summed E-state index contributed by atoms with van der Waals surface area (Å²) in [5, 5.41) is 1.93. The zero-order chi connectivity index (χ0) is 18.7. The van der Waals surface area contributed by atoms with E-state index in [0.29, 0.717) is 18.6 Å². The van der Waals surface area contributed by atoms with E-state index in [0.717, 1.165) is 16.3 Å². The maximum Gasteiger partial charge on any atom is 0.391 e. The van der Waals surface area contributed by atoms with Crippen LogP contribution >= 0.6 is 0 Å². The monoisotopic (exact) mass is 366 g/mol. The summed E-state index contributed by atoms with van der Waals surface area (Å²) in [6, 6.07) is 11.3. The minimum absolute atomic E-state index is 0.124. The van der Waals surface area contributed by atoms with Crippen molar-refractivity contribution in [2.24, 2.45) is 5.92 Å². The molecule has 0 spiro atoms. The molecule has 1 aliphatic carbocycles. The van der Waals surface area contributed by atoms with Crippen LogP contribution in [0.4, 0.5) is 13.2 Å². The second-order valence-electron chi connectivity index (χ2n) is 6.73. The number of hydrogen-bond acceptors (Lipinski definition) is 3. The fourth-order valence-corrected chi connectivity index (χ4v) is 3.40. The Balaban J connectivity index is 1.64. The van der Waals surface area contributed by atoms with E-state index in [9.17, 15) is 18.0 Å². The molecule has 140 valence electrons. The molecule has 3 rings (SSSR count). The van der Waals surface area contributed by atoms with E-state index in [-0.39, 0.29) is 31.3 Å². The number of esters is 1. The molecule has 2 aromatic rings. The van der Waals surface area contributed by atoms with Crippen molar-refractivity contribution in [1.82, 2.24) is 0 Å². The molecule has 0 amide bonds. The van der Waals surface area contributed by atoms with E-state index in [2.05, 4.69) is 4.74 Å². The van der Waals surface area contributed by atoms with Crippen LogP contribution in [0.2, 0.25) is 0 Å². The molecule has 0 aliphatic heterocycles. The average molecular weight is 366 g/mol. The van der Waals surface area contributed by atoms with Gasteiger partial charge in [0.25, 0.3) is 0 Å². The zero-order valence-electron chi connectivity index (χ0n) is 14.5. The number of benzene rings is 2. The fraction of sp³-hybridized carbons (Fsp3) is 0.450. The third kappa shape index (κ3) is 4.48. The number of halogens is 3. The number of ether oxygens (including phenoxy) is 2. The number of methoxy groups -OCH3 is 1. The lowest BCUT2D eigenvalue weighted by Gasteiger charge is -2.30. The maximum absolute atomic E-state index is 12.7. The molecule has 0 heterocycles. The lowest BCUT2D eigenvalue weighted by molar-refractivity contribution is -0.185. The summed E-state index contributed by atoms with van der Waals surface area (Å²) in [6.07, 6.45) is -2.98. The first-order chi connectivity index (χ1) is 12.3. The van der Waals surface area contributed by atoms with Gasteiger partial charge in [0.05, 0.1) is 25.6 Å². The topological polar surface area (TPSA) is 35.5 Å². The highest BCUT2D eigenvalue weighted by Crippen LogP contribution is 2.38. The van der Waals surface area contributed by atoms with Crippen LogP contribution < -0.4 is 4.74 Å². The van der Waals surface area contributed by atoms with Crippen molar-refractivity contribution < 1.29 is 27.4 Å². The Morgan fingerprint density at radius 2 is 1.69 bits per heavy atom. The molecule has 1 fully saturated rings. The molecule has 0 unspecified atom stereocenters. The Morgan fingerprint density at radius 3 is 2.35 bits per heavy atom. The fourth-order valence-electron chi connectivity index (χ4n) is 3.40. The molecule has 1 aliphatic rings. The van der Waals surface area contributed by atoms with Crippen molar-refractivity contribution in [3.63, 3.8) is 0 Å². The predicted octanol–water partition coefficient (Wildman–Crippen LogP) is 5.06. The molecule has 0 bridgehead atoms. The smallest absolute Gasteiger partial charge is 0.391 e. The van der Waals surface area contributed by atoms with Crippen molar-refractivity contribution in [2.75, 3.05) is 7.11 Å². The summed E-state index contributed by atoms with van der Waals surface area (Å²) in [6.45, 7) is 0. The van der Waals surface area contributed by atoms with Gasteiger partial charge in [-0.25, -0.2) is 0 Å². The van der Waals surface area contributed by atoms with Crippen LogP contribution in [0.5, 0.6) is 5.75 Å². The predicted molar refractivity (Wildman–Crippen MR) is 92.1 cm³/mol. The third-order valence-electron chi connectivity index (χ3n) is 4.89. The van der Waals surface area contributed by atoms with E-state index in [1.165, 1.54) is 7.11 Å². The van der Waals surface area contributed by atoms with Gasteiger partial charge in [-0.3, -0.25) is 4.79 Å². The number of alkyl halides is 3. The lowest BCUT2D eigenvalue weighted by atomic mass is 9.87. The van der Waals surface area contributed by atoms with Crippen LogP contribution in [-0.2, 0) is 16.0 Å². The molecule has 0 atom stereocenters. The van der Waals surface area contributed by atoms with Crippen LogP contribution in [0.1, 0.15) is 31.2 Å². The summed E-state index contributed by atoms with van der Waals surface area (Å²) in [4.78, 5) is 11.4. The Morgan fingerprint density at radius 1 is 1.04 bits per heavy atom. The van der Waals surface area contributed by atoms with E-state index < -0.39 is 12.1 Å². The summed E-state index contributed by atoms with van der Waals surface area (Å²) in [5.41, 5.74) is 0.864. The van der Waals surface area contributed by atoms with E-state index >= 15 is 0 Å². The number of rotatable bonds is 4. The SMILES string of the molecule is COC(=O)Cc1ccc2cc(OC3CCC(C(F)(F)F)CC3)ccc2c1. The van der Waals surface area contributed by atoms with Crippen LogP contribution in [0, 0.1) is 5.92 Å². The minimum Gasteiger partial charge on any atom is -0.490 e. The number of fused-ring (bicyclic) bond motifs is 1. The minimum atomic E-state index is -4.10.